The van der Waals surface area contributed by atoms with Gasteiger partial charge in [0.1, 0.15) is 11.9 Å². The molecule has 1 aliphatic heterocycles. The highest BCUT2D eigenvalue weighted by Crippen LogP contribution is 2.29. The van der Waals surface area contributed by atoms with Gasteiger partial charge >= 0.3 is 0 Å². The Morgan fingerprint density at radius 3 is 2.71 bits per heavy atom. The summed E-state index contributed by atoms with van der Waals surface area (Å²) in [5.41, 5.74) is 2.16. The van der Waals surface area contributed by atoms with Gasteiger partial charge < -0.3 is 15.0 Å². The number of hydrogen-bond acceptors (Lipinski definition) is 6. The molecule has 0 amide bonds. The predicted molar refractivity (Wildman–Crippen MR) is 119 cm³/mol. The Hall–Kier alpha value is -2.71. The molecule has 0 spiro atoms. The van der Waals surface area contributed by atoms with Crippen LogP contribution < -0.4 is 10.1 Å². The van der Waals surface area contributed by atoms with Gasteiger partial charge in [-0.2, -0.15) is 0 Å². The number of piperidine rings is 1. The molecule has 31 heavy (non-hydrogen) atoms. The van der Waals surface area contributed by atoms with Crippen molar-refractivity contribution in [1.82, 2.24) is 9.88 Å². The van der Waals surface area contributed by atoms with Gasteiger partial charge in [-0.15, -0.1) is 0 Å². The number of likely N-dealkylation sites (tertiary alicyclic amines) is 1. The van der Waals surface area contributed by atoms with Crippen LogP contribution in [0.5, 0.6) is 5.75 Å². The van der Waals surface area contributed by atoms with E-state index in [4.69, 9.17) is 4.74 Å². The highest BCUT2D eigenvalue weighted by atomic mass is 32.2. The zero-order valence-electron chi connectivity index (χ0n) is 17.8. The van der Waals surface area contributed by atoms with E-state index in [2.05, 4.69) is 10.3 Å². The number of nitrogens with zero attached hydrogens (tertiary/aromatic N) is 2. The maximum Gasteiger partial charge on any atom is 0.208 e. The summed E-state index contributed by atoms with van der Waals surface area (Å²) in [6.07, 6.45) is 1.00. The van der Waals surface area contributed by atoms with E-state index in [1.165, 1.54) is 6.20 Å². The van der Waals surface area contributed by atoms with E-state index in [0.29, 0.717) is 35.3 Å². The van der Waals surface area contributed by atoms with Gasteiger partial charge in [0, 0.05) is 36.4 Å². The molecule has 4 rings (SSSR count). The molecule has 2 atom stereocenters. The lowest BCUT2D eigenvalue weighted by Crippen LogP contribution is -2.46. The maximum atomic E-state index is 14.5. The number of benzene rings is 2. The first kappa shape index (κ1) is 21.5. The third kappa shape index (κ3) is 4.36. The Labute approximate surface area is 182 Å². The molecular weight excluding hydrogens is 417 g/mol. The molecule has 2 aromatic carbocycles. The van der Waals surface area contributed by atoms with Crippen LogP contribution in [0.25, 0.3) is 10.9 Å². The van der Waals surface area contributed by atoms with Crippen LogP contribution >= 0.6 is 0 Å². The average molecular weight is 444 g/mol. The van der Waals surface area contributed by atoms with Gasteiger partial charge in [0.05, 0.1) is 28.5 Å². The van der Waals surface area contributed by atoms with Crippen molar-refractivity contribution in [3.63, 3.8) is 0 Å². The lowest BCUT2D eigenvalue weighted by Gasteiger charge is -2.33. The first-order valence-electron chi connectivity index (χ1n) is 10.2. The number of aryl methyl sites for hydroxylation is 1. The largest absolute Gasteiger partial charge is 0.497 e. The van der Waals surface area contributed by atoms with E-state index in [-0.39, 0.29) is 15.8 Å². The molecule has 0 aliphatic carbocycles. The fraction of sp³-hybridized carbons (Fsp3) is 0.348. The van der Waals surface area contributed by atoms with Crippen molar-refractivity contribution in [2.24, 2.45) is 0 Å². The van der Waals surface area contributed by atoms with Crippen molar-refractivity contribution in [1.29, 1.82) is 0 Å². The molecular formula is C23H26FN3O3S. The van der Waals surface area contributed by atoms with Crippen LogP contribution in [-0.4, -0.2) is 57.8 Å². The Bertz CT molecular complexity index is 1220. The standard InChI is InChI=1S/C23H26FN3O3S/c1-15-4-7-18(12-22(15)26-21-8-9-27(2)14-20(21)24)31(28,29)19-10-16-5-6-17(30-3)11-23(16)25-13-19/h4-7,10-13,20-21,26H,8-9,14H2,1-3H3. The highest BCUT2D eigenvalue weighted by Gasteiger charge is 2.28. The Morgan fingerprint density at radius 1 is 1.16 bits per heavy atom. The number of halogens is 1. The predicted octanol–water partition coefficient (Wildman–Crippen LogP) is 3.84. The van der Waals surface area contributed by atoms with Gasteiger partial charge in [-0.1, -0.05) is 6.07 Å². The summed E-state index contributed by atoms with van der Waals surface area (Å²) in [7, 11) is -0.317. The molecule has 2 unspecified atom stereocenters. The molecule has 1 N–H and O–H groups in total. The smallest absolute Gasteiger partial charge is 0.208 e. The molecule has 3 aromatic rings. The molecule has 1 saturated heterocycles. The number of pyridine rings is 1. The number of nitrogens with one attached hydrogen (secondary N) is 1. The monoisotopic (exact) mass is 443 g/mol. The fourth-order valence-electron chi connectivity index (χ4n) is 3.83. The number of hydrogen-bond donors (Lipinski definition) is 1. The maximum absolute atomic E-state index is 14.5. The molecule has 0 radical (unpaired) electrons. The van der Waals surface area contributed by atoms with Gasteiger partial charge in [0.15, 0.2) is 0 Å². The number of sulfone groups is 1. The Balaban J connectivity index is 1.65. The van der Waals surface area contributed by atoms with Crippen molar-refractivity contribution in [2.75, 3.05) is 32.6 Å². The summed E-state index contributed by atoms with van der Waals surface area (Å²) in [5.74, 6) is 0.657. The third-order valence-electron chi connectivity index (χ3n) is 5.78. The average Bonchev–Trinajstić information content (AvgIpc) is 2.76. The minimum absolute atomic E-state index is 0.114. The molecule has 164 valence electrons. The normalized spacial score (nSPS) is 20.0. The van der Waals surface area contributed by atoms with E-state index >= 15 is 0 Å². The molecule has 1 fully saturated rings. The van der Waals surface area contributed by atoms with Crippen molar-refractivity contribution in [3.05, 3.63) is 54.2 Å². The zero-order valence-corrected chi connectivity index (χ0v) is 18.6. The molecule has 8 heteroatoms. The molecule has 1 aromatic heterocycles. The van der Waals surface area contributed by atoms with Gasteiger partial charge in [0.2, 0.25) is 9.84 Å². The SMILES string of the molecule is COc1ccc2cc(S(=O)(=O)c3ccc(C)c(NC4CCN(C)CC4F)c3)cnc2c1. The molecule has 1 aliphatic rings. The highest BCUT2D eigenvalue weighted by molar-refractivity contribution is 7.91. The summed E-state index contributed by atoms with van der Waals surface area (Å²) in [4.78, 5) is 6.53. The van der Waals surface area contributed by atoms with Crippen molar-refractivity contribution in [3.8, 4) is 5.75 Å². The van der Waals surface area contributed by atoms with Crippen LogP contribution in [0.1, 0.15) is 12.0 Å². The number of alkyl halides is 1. The number of aromatic nitrogens is 1. The second-order valence-corrected chi connectivity index (χ2v) is 9.98. The number of methoxy groups -OCH3 is 1. The summed E-state index contributed by atoms with van der Waals surface area (Å²) < 4.78 is 46.3. The van der Waals surface area contributed by atoms with E-state index in [9.17, 15) is 12.8 Å². The van der Waals surface area contributed by atoms with Crippen LogP contribution in [0.15, 0.2) is 58.5 Å². The minimum atomic E-state index is -3.78. The first-order valence-corrected chi connectivity index (χ1v) is 11.6. The molecule has 2 heterocycles. The van der Waals surface area contributed by atoms with Crippen LogP contribution in [0.4, 0.5) is 10.1 Å². The summed E-state index contributed by atoms with van der Waals surface area (Å²) in [6, 6.07) is 11.5. The zero-order chi connectivity index (χ0) is 22.2. The summed E-state index contributed by atoms with van der Waals surface area (Å²) in [6.45, 7) is 3.04. The lowest BCUT2D eigenvalue weighted by atomic mass is 10.0. The molecule has 6 nitrogen and oxygen atoms in total. The van der Waals surface area contributed by atoms with Crippen LogP contribution in [0, 0.1) is 6.92 Å². The van der Waals surface area contributed by atoms with Crippen LogP contribution in [-0.2, 0) is 9.84 Å². The molecule has 0 bridgehead atoms. The van der Waals surface area contributed by atoms with Gasteiger partial charge in [-0.25, -0.2) is 12.8 Å². The topological polar surface area (TPSA) is 71.5 Å². The number of fused-ring (bicyclic) bond motifs is 1. The minimum Gasteiger partial charge on any atom is -0.497 e. The van der Waals surface area contributed by atoms with E-state index in [0.717, 1.165) is 12.1 Å². The van der Waals surface area contributed by atoms with Crippen molar-refractivity contribution >= 4 is 26.4 Å². The molecule has 0 saturated carbocycles. The van der Waals surface area contributed by atoms with Crippen LogP contribution in [0.3, 0.4) is 0 Å². The van der Waals surface area contributed by atoms with Crippen molar-refractivity contribution < 1.29 is 17.5 Å². The number of rotatable bonds is 5. The summed E-state index contributed by atoms with van der Waals surface area (Å²) in [5, 5.41) is 3.94. The second kappa shape index (κ2) is 8.43. The number of anilines is 1. The van der Waals surface area contributed by atoms with Gasteiger partial charge in [-0.3, -0.25) is 4.98 Å². The lowest BCUT2D eigenvalue weighted by molar-refractivity contribution is 0.149. The Morgan fingerprint density at radius 2 is 1.97 bits per heavy atom. The van der Waals surface area contributed by atoms with Crippen molar-refractivity contribution in [2.45, 2.75) is 35.3 Å². The van der Waals surface area contributed by atoms with Gasteiger partial charge in [0.25, 0.3) is 0 Å². The first-order chi connectivity index (χ1) is 14.8. The fourth-order valence-corrected chi connectivity index (χ4v) is 5.10. The quantitative estimate of drug-likeness (QED) is 0.646. The number of ether oxygens (including phenoxy) is 1. The van der Waals surface area contributed by atoms with E-state index < -0.39 is 16.0 Å². The van der Waals surface area contributed by atoms with E-state index in [1.807, 2.05) is 18.9 Å². The van der Waals surface area contributed by atoms with E-state index in [1.54, 1.807) is 49.6 Å². The van der Waals surface area contributed by atoms with Gasteiger partial charge in [-0.05, 0) is 56.3 Å². The summed E-state index contributed by atoms with van der Waals surface area (Å²) >= 11 is 0. The Kier molecular flexibility index (Phi) is 5.85. The van der Waals surface area contributed by atoms with Crippen LogP contribution in [0.2, 0.25) is 0 Å². The second-order valence-electron chi connectivity index (χ2n) is 8.03. The third-order valence-corrected chi connectivity index (χ3v) is 7.50.